The third kappa shape index (κ3) is 2.86. The van der Waals surface area contributed by atoms with E-state index in [-0.39, 0.29) is 24.0 Å². The van der Waals surface area contributed by atoms with Gasteiger partial charge in [-0.1, -0.05) is 36.8 Å². The summed E-state index contributed by atoms with van der Waals surface area (Å²) in [6.45, 7) is 1.90. The second-order valence-electron chi connectivity index (χ2n) is 4.69. The van der Waals surface area contributed by atoms with Crippen molar-refractivity contribution in [2.45, 2.75) is 38.3 Å². The van der Waals surface area contributed by atoms with Crippen LogP contribution in [0.3, 0.4) is 0 Å². The predicted molar refractivity (Wildman–Crippen MR) is 66.3 cm³/mol. The molecule has 2 N–H and O–H groups in total. The number of esters is 1. The molecule has 0 amide bonds. The maximum atomic E-state index is 11.9. The quantitative estimate of drug-likeness (QED) is 0.816. The van der Waals surface area contributed by atoms with Gasteiger partial charge in [0, 0.05) is 6.04 Å². The maximum Gasteiger partial charge on any atom is 0.311 e. The van der Waals surface area contributed by atoms with E-state index in [0.29, 0.717) is 0 Å². The number of ether oxygens (including phenoxy) is 1. The van der Waals surface area contributed by atoms with Crippen molar-refractivity contribution in [2.24, 2.45) is 11.7 Å². The van der Waals surface area contributed by atoms with Crippen LogP contribution in [0.15, 0.2) is 30.3 Å². The third-order valence-electron chi connectivity index (χ3n) is 3.43. The lowest BCUT2D eigenvalue weighted by molar-refractivity contribution is -0.153. The first-order valence-corrected chi connectivity index (χ1v) is 6.19. The minimum Gasteiger partial charge on any atom is -0.458 e. The van der Waals surface area contributed by atoms with Crippen LogP contribution in [0.5, 0.6) is 0 Å². The number of nitrogens with two attached hydrogens (primary N) is 1. The Labute approximate surface area is 102 Å². The average Bonchev–Trinajstić information content (AvgIpc) is 2.76. The first kappa shape index (κ1) is 12.1. The molecule has 17 heavy (non-hydrogen) atoms. The highest BCUT2D eigenvalue weighted by Crippen LogP contribution is 2.27. The molecule has 2 rings (SSSR count). The van der Waals surface area contributed by atoms with Gasteiger partial charge in [0.2, 0.25) is 0 Å². The van der Waals surface area contributed by atoms with Crippen molar-refractivity contribution in [1.29, 1.82) is 0 Å². The van der Waals surface area contributed by atoms with Crippen molar-refractivity contribution >= 4 is 5.97 Å². The molecule has 3 heteroatoms. The topological polar surface area (TPSA) is 52.3 Å². The molecule has 1 aliphatic carbocycles. The van der Waals surface area contributed by atoms with Gasteiger partial charge in [-0.15, -0.1) is 0 Å². The molecule has 1 saturated carbocycles. The molecule has 92 valence electrons. The molecular formula is C14H19NO2. The first-order valence-electron chi connectivity index (χ1n) is 6.19. The zero-order valence-corrected chi connectivity index (χ0v) is 10.1. The number of rotatable bonds is 3. The molecule has 0 aliphatic heterocycles. The van der Waals surface area contributed by atoms with Gasteiger partial charge in [0.1, 0.15) is 6.10 Å². The van der Waals surface area contributed by atoms with Gasteiger partial charge in [0.15, 0.2) is 0 Å². The Morgan fingerprint density at radius 3 is 2.65 bits per heavy atom. The van der Waals surface area contributed by atoms with E-state index in [1.165, 1.54) is 0 Å². The lowest BCUT2D eigenvalue weighted by Gasteiger charge is -2.18. The Morgan fingerprint density at radius 1 is 1.35 bits per heavy atom. The van der Waals surface area contributed by atoms with Gasteiger partial charge in [-0.05, 0) is 25.3 Å². The molecule has 3 unspecified atom stereocenters. The van der Waals surface area contributed by atoms with Crippen molar-refractivity contribution in [2.75, 3.05) is 0 Å². The van der Waals surface area contributed by atoms with E-state index in [4.69, 9.17) is 10.5 Å². The molecule has 3 atom stereocenters. The summed E-state index contributed by atoms with van der Waals surface area (Å²) in [7, 11) is 0. The van der Waals surface area contributed by atoms with Gasteiger partial charge in [0.25, 0.3) is 0 Å². The van der Waals surface area contributed by atoms with Crippen LogP contribution >= 0.6 is 0 Å². The summed E-state index contributed by atoms with van der Waals surface area (Å²) in [6.07, 6.45) is 2.62. The van der Waals surface area contributed by atoms with E-state index in [1.807, 2.05) is 37.3 Å². The van der Waals surface area contributed by atoms with Crippen molar-refractivity contribution in [3.63, 3.8) is 0 Å². The maximum absolute atomic E-state index is 11.9. The molecular weight excluding hydrogens is 214 g/mol. The number of carbonyl (C=O) groups excluding carboxylic acids is 1. The number of hydrogen-bond acceptors (Lipinski definition) is 3. The highest BCUT2D eigenvalue weighted by atomic mass is 16.5. The monoisotopic (exact) mass is 233 g/mol. The molecule has 0 bridgehead atoms. The highest BCUT2D eigenvalue weighted by Gasteiger charge is 2.32. The Hall–Kier alpha value is -1.35. The van der Waals surface area contributed by atoms with E-state index in [1.54, 1.807) is 0 Å². The van der Waals surface area contributed by atoms with Crippen LogP contribution in [-0.2, 0) is 9.53 Å². The van der Waals surface area contributed by atoms with Crippen molar-refractivity contribution in [3.8, 4) is 0 Å². The smallest absolute Gasteiger partial charge is 0.311 e. The van der Waals surface area contributed by atoms with Crippen molar-refractivity contribution < 1.29 is 9.53 Å². The van der Waals surface area contributed by atoms with Gasteiger partial charge in [-0.3, -0.25) is 4.79 Å². The fourth-order valence-electron chi connectivity index (χ4n) is 2.34. The lowest BCUT2D eigenvalue weighted by Crippen LogP contribution is -2.32. The van der Waals surface area contributed by atoms with Gasteiger partial charge in [-0.2, -0.15) is 0 Å². The highest BCUT2D eigenvalue weighted by molar-refractivity contribution is 5.74. The Kier molecular flexibility index (Phi) is 3.79. The number of carbonyl (C=O) groups is 1. The van der Waals surface area contributed by atoms with Crippen LogP contribution in [-0.4, -0.2) is 12.0 Å². The van der Waals surface area contributed by atoms with Gasteiger partial charge in [0.05, 0.1) is 5.92 Å². The van der Waals surface area contributed by atoms with Crippen LogP contribution in [0, 0.1) is 5.92 Å². The lowest BCUT2D eigenvalue weighted by atomic mass is 10.0. The summed E-state index contributed by atoms with van der Waals surface area (Å²) < 4.78 is 5.47. The molecule has 1 fully saturated rings. The van der Waals surface area contributed by atoms with Gasteiger partial charge >= 0.3 is 5.97 Å². The van der Waals surface area contributed by atoms with Crippen LogP contribution < -0.4 is 5.73 Å². The summed E-state index contributed by atoms with van der Waals surface area (Å²) in [5.41, 5.74) is 6.91. The van der Waals surface area contributed by atoms with Gasteiger partial charge in [-0.25, -0.2) is 0 Å². The zero-order chi connectivity index (χ0) is 12.3. The zero-order valence-electron chi connectivity index (χ0n) is 10.1. The first-order chi connectivity index (χ1) is 8.18. The standard InChI is InChI=1S/C14H19NO2/c1-10(11-6-3-2-4-7-11)17-14(16)12-8-5-9-13(12)15/h2-4,6-7,10,12-13H,5,8-9,15H2,1H3. The van der Waals surface area contributed by atoms with Gasteiger partial charge < -0.3 is 10.5 Å². The molecule has 0 radical (unpaired) electrons. The molecule has 1 aromatic carbocycles. The van der Waals surface area contributed by atoms with Crippen molar-refractivity contribution in [1.82, 2.24) is 0 Å². The normalized spacial score (nSPS) is 25.5. The van der Waals surface area contributed by atoms with E-state index >= 15 is 0 Å². The van der Waals surface area contributed by atoms with E-state index in [0.717, 1.165) is 24.8 Å². The average molecular weight is 233 g/mol. The van der Waals surface area contributed by atoms with Crippen molar-refractivity contribution in [3.05, 3.63) is 35.9 Å². The third-order valence-corrected chi connectivity index (χ3v) is 3.43. The molecule has 0 spiro atoms. The minimum atomic E-state index is -0.198. The molecule has 0 saturated heterocycles. The number of hydrogen-bond donors (Lipinski definition) is 1. The molecule has 0 heterocycles. The van der Waals surface area contributed by atoms with E-state index in [2.05, 4.69) is 0 Å². The van der Waals surface area contributed by atoms with Crippen LogP contribution in [0.25, 0.3) is 0 Å². The molecule has 1 aromatic rings. The predicted octanol–water partition coefficient (Wildman–Crippen LogP) is 2.42. The fraction of sp³-hybridized carbons (Fsp3) is 0.500. The Bertz CT molecular complexity index is 377. The fourth-order valence-corrected chi connectivity index (χ4v) is 2.34. The minimum absolute atomic E-state index is 0.0227. The Morgan fingerprint density at radius 2 is 2.06 bits per heavy atom. The van der Waals surface area contributed by atoms with Crippen LogP contribution in [0.1, 0.15) is 37.9 Å². The van der Waals surface area contributed by atoms with E-state index in [9.17, 15) is 4.79 Å². The van der Waals surface area contributed by atoms with Crippen LogP contribution in [0.2, 0.25) is 0 Å². The summed E-state index contributed by atoms with van der Waals surface area (Å²) >= 11 is 0. The largest absolute Gasteiger partial charge is 0.458 e. The summed E-state index contributed by atoms with van der Waals surface area (Å²) in [6, 6.07) is 9.75. The molecule has 0 aromatic heterocycles. The second kappa shape index (κ2) is 5.32. The Balaban J connectivity index is 1.95. The van der Waals surface area contributed by atoms with E-state index < -0.39 is 0 Å². The summed E-state index contributed by atoms with van der Waals surface area (Å²) in [4.78, 5) is 11.9. The van der Waals surface area contributed by atoms with Crippen LogP contribution in [0.4, 0.5) is 0 Å². The SMILES string of the molecule is CC(OC(=O)C1CCCC1N)c1ccccc1. The summed E-state index contributed by atoms with van der Waals surface area (Å²) in [5.74, 6) is -0.257. The second-order valence-corrected chi connectivity index (χ2v) is 4.69. The molecule has 3 nitrogen and oxygen atoms in total. The molecule has 1 aliphatic rings. The number of benzene rings is 1. The summed E-state index contributed by atoms with van der Waals surface area (Å²) in [5, 5.41) is 0.